The molecule has 0 aliphatic carbocycles. The first-order valence-corrected chi connectivity index (χ1v) is 5.46. The summed E-state index contributed by atoms with van der Waals surface area (Å²) in [4.78, 5) is 13.5. The van der Waals surface area contributed by atoms with Crippen molar-refractivity contribution in [2.24, 2.45) is 5.73 Å². The molecule has 0 radical (unpaired) electrons. The van der Waals surface area contributed by atoms with Gasteiger partial charge in [0, 0.05) is 25.7 Å². The van der Waals surface area contributed by atoms with Crippen molar-refractivity contribution in [3.05, 3.63) is 0 Å². The maximum atomic E-state index is 11.2. The highest BCUT2D eigenvalue weighted by Gasteiger charge is 2.18. The lowest BCUT2D eigenvalue weighted by Gasteiger charge is -2.33. The second kappa shape index (κ2) is 6.05. The minimum Gasteiger partial charge on any atom is -0.379 e. The molecular formula is C10H21N3O2. The number of nitrogens with zero attached hydrogens (tertiary/aromatic N) is 1. The summed E-state index contributed by atoms with van der Waals surface area (Å²) in [6.07, 6.45) is 0. The van der Waals surface area contributed by atoms with Crippen molar-refractivity contribution in [3.63, 3.8) is 0 Å². The molecule has 1 aliphatic heterocycles. The van der Waals surface area contributed by atoms with Crippen molar-refractivity contribution in [1.29, 1.82) is 0 Å². The zero-order valence-electron chi connectivity index (χ0n) is 9.53. The molecule has 0 aromatic heterocycles. The van der Waals surface area contributed by atoms with Crippen molar-refractivity contribution in [2.75, 3.05) is 32.8 Å². The summed E-state index contributed by atoms with van der Waals surface area (Å²) < 4.78 is 5.33. The maximum absolute atomic E-state index is 11.2. The Bertz CT molecular complexity index is 209. The molecule has 5 nitrogen and oxygen atoms in total. The second-order valence-corrected chi connectivity index (χ2v) is 4.04. The first kappa shape index (κ1) is 12.4. The molecule has 1 aliphatic rings. The summed E-state index contributed by atoms with van der Waals surface area (Å²) in [5.74, 6) is -0.0871. The molecular weight excluding hydrogens is 194 g/mol. The molecule has 5 heteroatoms. The van der Waals surface area contributed by atoms with Gasteiger partial charge in [-0.05, 0) is 13.8 Å². The topological polar surface area (TPSA) is 67.6 Å². The number of amides is 1. The zero-order chi connectivity index (χ0) is 11.3. The van der Waals surface area contributed by atoms with E-state index < -0.39 is 6.04 Å². The molecule has 15 heavy (non-hydrogen) atoms. The Morgan fingerprint density at radius 2 is 2.47 bits per heavy atom. The SMILES string of the molecule is CC1COCCN1CCNC(=O)[C@@H](C)N. The summed E-state index contributed by atoms with van der Waals surface area (Å²) in [7, 11) is 0. The Balaban J connectivity index is 2.16. The monoisotopic (exact) mass is 215 g/mol. The molecule has 3 N–H and O–H groups in total. The normalized spacial score (nSPS) is 24.9. The van der Waals surface area contributed by atoms with Gasteiger partial charge in [0.25, 0.3) is 0 Å². The fraction of sp³-hybridized carbons (Fsp3) is 0.900. The highest BCUT2D eigenvalue weighted by atomic mass is 16.5. The van der Waals surface area contributed by atoms with Crippen LogP contribution < -0.4 is 11.1 Å². The smallest absolute Gasteiger partial charge is 0.236 e. The van der Waals surface area contributed by atoms with Crippen LogP contribution in [-0.2, 0) is 9.53 Å². The van der Waals surface area contributed by atoms with Crippen LogP contribution in [0.25, 0.3) is 0 Å². The van der Waals surface area contributed by atoms with Gasteiger partial charge in [0.2, 0.25) is 5.91 Å². The van der Waals surface area contributed by atoms with E-state index in [4.69, 9.17) is 10.5 Å². The van der Waals surface area contributed by atoms with Crippen LogP contribution in [0.15, 0.2) is 0 Å². The second-order valence-electron chi connectivity index (χ2n) is 4.04. The largest absolute Gasteiger partial charge is 0.379 e. The average molecular weight is 215 g/mol. The molecule has 1 unspecified atom stereocenters. The zero-order valence-corrected chi connectivity index (χ0v) is 9.53. The molecule has 1 rings (SSSR count). The number of rotatable bonds is 4. The van der Waals surface area contributed by atoms with E-state index >= 15 is 0 Å². The van der Waals surface area contributed by atoms with Gasteiger partial charge in [-0.1, -0.05) is 0 Å². The molecule has 1 amide bonds. The lowest BCUT2D eigenvalue weighted by atomic mass is 10.2. The van der Waals surface area contributed by atoms with Crippen LogP contribution in [-0.4, -0.2) is 55.7 Å². The standard InChI is InChI=1S/C10H21N3O2/c1-8-7-15-6-5-13(8)4-3-12-10(14)9(2)11/h8-9H,3-7,11H2,1-2H3,(H,12,14)/t8?,9-/m1/s1. The molecule has 1 saturated heterocycles. The van der Waals surface area contributed by atoms with Crippen LogP contribution in [0, 0.1) is 0 Å². The molecule has 0 spiro atoms. The van der Waals surface area contributed by atoms with E-state index in [9.17, 15) is 4.79 Å². The summed E-state index contributed by atoms with van der Waals surface area (Å²) >= 11 is 0. The Morgan fingerprint density at radius 3 is 3.07 bits per heavy atom. The van der Waals surface area contributed by atoms with Crippen LogP contribution in [0.3, 0.4) is 0 Å². The van der Waals surface area contributed by atoms with E-state index in [1.54, 1.807) is 6.92 Å². The minimum atomic E-state index is -0.424. The molecule has 0 aromatic carbocycles. The van der Waals surface area contributed by atoms with Gasteiger partial charge >= 0.3 is 0 Å². The van der Waals surface area contributed by atoms with Crippen molar-refractivity contribution in [3.8, 4) is 0 Å². The Hall–Kier alpha value is -0.650. The fourth-order valence-electron chi connectivity index (χ4n) is 1.58. The van der Waals surface area contributed by atoms with Gasteiger partial charge in [-0.2, -0.15) is 0 Å². The molecule has 2 atom stereocenters. The number of ether oxygens (including phenoxy) is 1. The summed E-state index contributed by atoms with van der Waals surface area (Å²) in [5.41, 5.74) is 5.44. The molecule has 1 fully saturated rings. The molecule has 0 aromatic rings. The van der Waals surface area contributed by atoms with Gasteiger partial charge in [0.05, 0.1) is 19.3 Å². The summed E-state index contributed by atoms with van der Waals surface area (Å²) in [5, 5.41) is 2.80. The predicted molar refractivity (Wildman–Crippen MR) is 58.5 cm³/mol. The minimum absolute atomic E-state index is 0.0871. The van der Waals surface area contributed by atoms with Crippen molar-refractivity contribution < 1.29 is 9.53 Å². The van der Waals surface area contributed by atoms with Gasteiger partial charge in [0.15, 0.2) is 0 Å². The van der Waals surface area contributed by atoms with Crippen LogP contribution in [0.2, 0.25) is 0 Å². The van der Waals surface area contributed by atoms with Gasteiger partial charge in [-0.15, -0.1) is 0 Å². The van der Waals surface area contributed by atoms with Crippen molar-refractivity contribution >= 4 is 5.91 Å². The number of morpholine rings is 1. The highest BCUT2D eigenvalue weighted by Crippen LogP contribution is 2.04. The maximum Gasteiger partial charge on any atom is 0.236 e. The average Bonchev–Trinajstić information content (AvgIpc) is 2.20. The number of nitrogens with two attached hydrogens (primary N) is 1. The van der Waals surface area contributed by atoms with Crippen LogP contribution in [0.4, 0.5) is 0 Å². The van der Waals surface area contributed by atoms with Gasteiger partial charge in [-0.25, -0.2) is 0 Å². The third kappa shape index (κ3) is 4.15. The van der Waals surface area contributed by atoms with Crippen LogP contribution in [0.1, 0.15) is 13.8 Å². The highest BCUT2D eigenvalue weighted by molar-refractivity contribution is 5.80. The Kier molecular flexibility index (Phi) is 5.01. The third-order valence-electron chi connectivity index (χ3n) is 2.62. The third-order valence-corrected chi connectivity index (χ3v) is 2.62. The number of carbonyl (C=O) groups excluding carboxylic acids is 1. The van der Waals surface area contributed by atoms with Crippen LogP contribution >= 0.6 is 0 Å². The summed E-state index contributed by atoms with van der Waals surface area (Å²) in [6.45, 7) is 7.84. The number of hydrogen-bond acceptors (Lipinski definition) is 4. The Morgan fingerprint density at radius 1 is 1.73 bits per heavy atom. The first-order valence-electron chi connectivity index (χ1n) is 5.46. The van der Waals surface area contributed by atoms with Gasteiger partial charge in [-0.3, -0.25) is 9.69 Å². The van der Waals surface area contributed by atoms with Crippen LogP contribution in [0.5, 0.6) is 0 Å². The van der Waals surface area contributed by atoms with Crippen molar-refractivity contribution in [2.45, 2.75) is 25.9 Å². The number of hydrogen-bond donors (Lipinski definition) is 2. The predicted octanol–water partition coefficient (Wildman–Crippen LogP) is -0.829. The number of carbonyl (C=O) groups is 1. The first-order chi connectivity index (χ1) is 7.11. The lowest BCUT2D eigenvalue weighted by Crippen LogP contribution is -2.48. The molecule has 0 saturated carbocycles. The molecule has 88 valence electrons. The Labute approximate surface area is 90.9 Å². The van der Waals surface area contributed by atoms with E-state index in [-0.39, 0.29) is 5.91 Å². The van der Waals surface area contributed by atoms with E-state index in [1.807, 2.05) is 0 Å². The van der Waals surface area contributed by atoms with Crippen molar-refractivity contribution in [1.82, 2.24) is 10.2 Å². The summed E-state index contributed by atoms with van der Waals surface area (Å²) in [6, 6.07) is 0.0121. The van der Waals surface area contributed by atoms with E-state index in [2.05, 4.69) is 17.1 Å². The van der Waals surface area contributed by atoms with Gasteiger partial charge in [0.1, 0.15) is 0 Å². The van der Waals surface area contributed by atoms with E-state index in [0.29, 0.717) is 12.6 Å². The van der Waals surface area contributed by atoms with E-state index in [0.717, 1.165) is 26.3 Å². The fourth-order valence-corrected chi connectivity index (χ4v) is 1.58. The molecule has 0 bridgehead atoms. The quantitative estimate of drug-likeness (QED) is 0.642. The van der Waals surface area contributed by atoms with E-state index in [1.165, 1.54) is 0 Å². The number of nitrogens with one attached hydrogen (secondary N) is 1. The lowest BCUT2D eigenvalue weighted by molar-refractivity contribution is -0.122. The molecule has 1 heterocycles. The van der Waals surface area contributed by atoms with Gasteiger partial charge < -0.3 is 15.8 Å².